The van der Waals surface area contributed by atoms with E-state index in [1.165, 1.54) is 61.8 Å². The van der Waals surface area contributed by atoms with Crippen LogP contribution in [0.3, 0.4) is 0 Å². The van der Waals surface area contributed by atoms with Crippen molar-refractivity contribution in [2.24, 2.45) is 5.92 Å². The Bertz CT molecular complexity index is 685. The fraction of sp³-hybridized carbons (Fsp3) is 0.667. The zero-order valence-corrected chi connectivity index (χ0v) is 22.9. The van der Waals surface area contributed by atoms with E-state index in [4.69, 9.17) is 4.74 Å². The monoisotopic (exact) mass is 533 g/mol. The summed E-state index contributed by atoms with van der Waals surface area (Å²) in [6.07, 6.45) is 9.76. The van der Waals surface area contributed by atoms with Crippen LogP contribution in [0.15, 0.2) is 43.0 Å². The second-order valence-electron chi connectivity index (χ2n) is 9.84. The fourth-order valence-electron chi connectivity index (χ4n) is 5.95. The van der Waals surface area contributed by atoms with Crippen molar-refractivity contribution in [1.82, 2.24) is 4.90 Å². The topological polar surface area (TPSA) is 29.5 Å². The average molecular weight is 532 g/mol. The minimum absolute atomic E-state index is 0.0657. The van der Waals surface area contributed by atoms with Crippen molar-refractivity contribution < 1.29 is 9.53 Å². The van der Waals surface area contributed by atoms with Gasteiger partial charge in [0.05, 0.1) is 0 Å². The number of amides is 1. The number of fused-ring (bicyclic) bond motifs is 1. The molecule has 2 aliphatic heterocycles. The van der Waals surface area contributed by atoms with E-state index in [2.05, 4.69) is 62.6 Å². The number of nitrogens with zero attached hydrogens (tertiary/aromatic N) is 1. The third kappa shape index (κ3) is 5.58. The maximum absolute atomic E-state index is 12.8. The number of β-lactam (4-membered cyclic amide) rings is 1. The second kappa shape index (κ2) is 11.9. The van der Waals surface area contributed by atoms with Crippen LogP contribution < -0.4 is 0 Å². The van der Waals surface area contributed by atoms with Crippen LogP contribution >= 0.6 is 0 Å². The number of hydrogen-bond acceptors (Lipinski definition) is 2. The predicted octanol–water partition coefficient (Wildman–Crippen LogP) is 6.99. The first-order valence-corrected chi connectivity index (χ1v) is 20.8. The summed E-state index contributed by atoms with van der Waals surface area (Å²) in [6, 6.07) is 10.9. The summed E-state index contributed by atoms with van der Waals surface area (Å²) in [4.78, 5) is 14.9. The number of unbranched alkanes of at least 4 members (excludes halogenated alkanes) is 3. The summed E-state index contributed by atoms with van der Waals surface area (Å²) in [5.41, 5.74) is 1.26. The van der Waals surface area contributed by atoms with Crippen LogP contribution in [0, 0.1) is 5.92 Å². The molecule has 0 N–H and O–H groups in total. The summed E-state index contributed by atoms with van der Waals surface area (Å²) in [6.45, 7) is 11.6. The van der Waals surface area contributed by atoms with Gasteiger partial charge in [-0.2, -0.15) is 0 Å². The normalized spacial score (nSPS) is 25.4. The first kappa shape index (κ1) is 24.8. The van der Waals surface area contributed by atoms with Crippen molar-refractivity contribution in [2.45, 2.75) is 95.3 Å². The van der Waals surface area contributed by atoms with Gasteiger partial charge in [0.1, 0.15) is 0 Å². The Kier molecular flexibility index (Phi) is 9.51. The zero-order chi connectivity index (χ0) is 22.3. The molecule has 4 heteroatoms. The number of carbonyl (C=O) groups excluding carboxylic acids is 1. The molecule has 0 aliphatic carbocycles. The van der Waals surface area contributed by atoms with E-state index < -0.39 is 18.4 Å². The molecule has 4 atom stereocenters. The van der Waals surface area contributed by atoms with Crippen molar-refractivity contribution in [3.05, 3.63) is 48.6 Å². The molecule has 0 spiro atoms. The van der Waals surface area contributed by atoms with Crippen molar-refractivity contribution in [3.8, 4) is 0 Å². The molecule has 0 bridgehead atoms. The van der Waals surface area contributed by atoms with Crippen LogP contribution in [0.25, 0.3) is 0 Å². The SMILES string of the molecule is C=CCN1C(=O)[C@@H]2O[C@@H](c3ccccc3)[C@@H]([CH2][Sn]([CH2]CCC)([CH2]CCC)[CH2]CCC)[C@@H]21. The number of carbonyl (C=O) groups is 1. The molecule has 3 nitrogen and oxygen atoms in total. The minimum atomic E-state index is -2.38. The Morgan fingerprint density at radius 1 is 0.968 bits per heavy atom. The summed E-state index contributed by atoms with van der Waals surface area (Å²) in [5.74, 6) is 0.622. The van der Waals surface area contributed by atoms with Crippen molar-refractivity contribution in [2.75, 3.05) is 6.54 Å². The van der Waals surface area contributed by atoms with E-state index in [0.717, 1.165) is 0 Å². The molecule has 2 heterocycles. The first-order valence-electron chi connectivity index (χ1n) is 12.7. The summed E-state index contributed by atoms with van der Waals surface area (Å²) in [5, 5.41) is 0. The van der Waals surface area contributed by atoms with Gasteiger partial charge in [0.15, 0.2) is 0 Å². The molecule has 0 radical (unpaired) electrons. The Hall–Kier alpha value is -0.811. The van der Waals surface area contributed by atoms with Crippen LogP contribution in [0.2, 0.25) is 17.7 Å². The third-order valence-corrected chi connectivity index (χ3v) is 23.5. The van der Waals surface area contributed by atoms with Gasteiger partial charge in [-0.1, -0.05) is 0 Å². The zero-order valence-electron chi connectivity index (χ0n) is 20.0. The van der Waals surface area contributed by atoms with Crippen LogP contribution in [-0.4, -0.2) is 47.9 Å². The Morgan fingerprint density at radius 3 is 2.06 bits per heavy atom. The van der Waals surface area contributed by atoms with E-state index in [-0.39, 0.29) is 24.2 Å². The van der Waals surface area contributed by atoms with E-state index in [9.17, 15) is 4.79 Å². The first-order chi connectivity index (χ1) is 15.1. The molecule has 0 saturated carbocycles. The predicted molar refractivity (Wildman–Crippen MR) is 133 cm³/mol. The molecule has 31 heavy (non-hydrogen) atoms. The van der Waals surface area contributed by atoms with Crippen LogP contribution in [-0.2, 0) is 9.53 Å². The van der Waals surface area contributed by atoms with Crippen molar-refractivity contribution >= 4 is 24.3 Å². The number of rotatable bonds is 14. The van der Waals surface area contributed by atoms with E-state index >= 15 is 0 Å². The molecule has 0 unspecified atom stereocenters. The van der Waals surface area contributed by atoms with Gasteiger partial charge < -0.3 is 0 Å². The summed E-state index contributed by atoms with van der Waals surface area (Å²) < 4.78 is 12.4. The van der Waals surface area contributed by atoms with Gasteiger partial charge in [-0.3, -0.25) is 0 Å². The van der Waals surface area contributed by atoms with E-state index in [0.29, 0.717) is 12.5 Å². The van der Waals surface area contributed by atoms with E-state index in [1.54, 1.807) is 0 Å². The molecule has 3 rings (SSSR count). The van der Waals surface area contributed by atoms with E-state index in [1.807, 2.05) is 6.08 Å². The fourth-order valence-corrected chi connectivity index (χ4v) is 23.4. The number of ether oxygens (including phenoxy) is 1. The number of likely N-dealkylation sites (tertiary alicyclic amines) is 1. The molecular formula is C27H43NO2Sn. The van der Waals surface area contributed by atoms with Gasteiger partial charge in [-0.25, -0.2) is 0 Å². The molecule has 0 aromatic heterocycles. The Labute approximate surface area is 194 Å². The molecular weight excluding hydrogens is 489 g/mol. The van der Waals surface area contributed by atoms with Crippen LogP contribution in [0.4, 0.5) is 0 Å². The third-order valence-electron chi connectivity index (χ3n) is 7.62. The average Bonchev–Trinajstić information content (AvgIpc) is 3.13. The van der Waals surface area contributed by atoms with Gasteiger partial charge in [0.2, 0.25) is 0 Å². The van der Waals surface area contributed by atoms with Gasteiger partial charge in [-0.15, -0.1) is 0 Å². The van der Waals surface area contributed by atoms with Gasteiger partial charge in [0, 0.05) is 0 Å². The molecule has 2 fully saturated rings. The molecule has 2 aliphatic rings. The second-order valence-corrected chi connectivity index (χ2v) is 23.8. The number of hydrogen-bond donors (Lipinski definition) is 0. The maximum atomic E-state index is 12.8. The molecule has 1 amide bonds. The van der Waals surface area contributed by atoms with Crippen LogP contribution in [0.5, 0.6) is 0 Å². The van der Waals surface area contributed by atoms with Gasteiger partial charge in [0.25, 0.3) is 0 Å². The Balaban J connectivity index is 1.93. The molecule has 172 valence electrons. The summed E-state index contributed by atoms with van der Waals surface area (Å²) >= 11 is -2.38. The summed E-state index contributed by atoms with van der Waals surface area (Å²) in [7, 11) is 0. The quantitative estimate of drug-likeness (QED) is 0.147. The standard InChI is InChI=1S/C15H16NO2.3C4H9.Sn/c1-3-9-16-12-10(2)13(18-14(12)15(16)17)11-7-5-4-6-8-11;3*1-3-4-2;/h3-8,10,12-14H,1-2,9H2;3*1,3-4H2,2H3;/t10-,12-,13+,14+;;;;/m0..../s1. The molecule has 1 aromatic carbocycles. The van der Waals surface area contributed by atoms with Gasteiger partial charge in [-0.05, 0) is 0 Å². The van der Waals surface area contributed by atoms with Crippen molar-refractivity contribution in [1.29, 1.82) is 0 Å². The number of benzene rings is 1. The Morgan fingerprint density at radius 2 is 1.55 bits per heavy atom. The molecule has 1 aromatic rings. The van der Waals surface area contributed by atoms with Crippen molar-refractivity contribution in [3.63, 3.8) is 0 Å². The molecule has 2 saturated heterocycles. The van der Waals surface area contributed by atoms with Gasteiger partial charge >= 0.3 is 195 Å². The van der Waals surface area contributed by atoms with Crippen LogP contribution in [0.1, 0.15) is 71.0 Å².